The number of unbranched alkanes of at least 4 members (excludes halogenated alkanes) is 42. The summed E-state index contributed by atoms with van der Waals surface area (Å²) in [5.41, 5.74) is 0. The van der Waals surface area contributed by atoms with Gasteiger partial charge in [-0.15, -0.1) is 0 Å². The fourth-order valence-electron chi connectivity index (χ4n) is 10.3. The minimum absolute atomic E-state index is 0.0776. The molecule has 470 valence electrons. The first-order chi connectivity index (χ1) is 40.0. The van der Waals surface area contributed by atoms with Crippen LogP contribution in [0.1, 0.15) is 367 Å². The van der Waals surface area contributed by atoms with Gasteiger partial charge >= 0.3 is 17.9 Å². The molecule has 0 amide bonds. The third kappa shape index (κ3) is 67.5. The Morgan fingerprint density at radius 1 is 0.247 bits per heavy atom. The molecule has 0 aromatic rings. The highest BCUT2D eigenvalue weighted by Gasteiger charge is 2.19. The van der Waals surface area contributed by atoms with Crippen LogP contribution in [0.15, 0.2) is 72.9 Å². The van der Waals surface area contributed by atoms with Gasteiger partial charge in [0.05, 0.1) is 0 Å². The second kappa shape index (κ2) is 69.3. The van der Waals surface area contributed by atoms with E-state index in [1.165, 1.54) is 244 Å². The zero-order valence-electron chi connectivity index (χ0n) is 54.1. The number of hydrogen-bond donors (Lipinski definition) is 0. The Morgan fingerprint density at radius 3 is 0.704 bits per heavy atom. The normalized spacial score (nSPS) is 12.5. The Hall–Kier alpha value is -3.15. The monoisotopic (exact) mass is 1130 g/mol. The highest BCUT2D eigenvalue weighted by Crippen LogP contribution is 2.17. The van der Waals surface area contributed by atoms with Crippen LogP contribution in [0, 0.1) is 0 Å². The van der Waals surface area contributed by atoms with Crippen LogP contribution in [0.4, 0.5) is 0 Å². The van der Waals surface area contributed by atoms with Gasteiger partial charge in [-0.2, -0.15) is 0 Å². The highest BCUT2D eigenvalue weighted by atomic mass is 16.6. The van der Waals surface area contributed by atoms with Gasteiger partial charge in [-0.05, 0) is 116 Å². The summed E-state index contributed by atoms with van der Waals surface area (Å²) in [6.07, 6.45) is 90.6. The Labute approximate surface area is 503 Å². The van der Waals surface area contributed by atoms with Crippen molar-refractivity contribution in [2.45, 2.75) is 374 Å². The lowest BCUT2D eigenvalue weighted by Crippen LogP contribution is -2.30. The predicted octanol–water partition coefficient (Wildman–Crippen LogP) is 24.4. The topological polar surface area (TPSA) is 78.9 Å². The number of carbonyl (C=O) groups excluding carboxylic acids is 3. The Balaban J connectivity index is 4.35. The van der Waals surface area contributed by atoms with Gasteiger partial charge in [0.1, 0.15) is 13.2 Å². The maximum absolute atomic E-state index is 13.0. The number of carbonyl (C=O) groups is 3. The lowest BCUT2D eigenvalue weighted by atomic mass is 10.0. The minimum Gasteiger partial charge on any atom is -0.462 e. The average molecular weight is 1130 g/mol. The second-order valence-corrected chi connectivity index (χ2v) is 23.8. The van der Waals surface area contributed by atoms with E-state index >= 15 is 0 Å². The van der Waals surface area contributed by atoms with Gasteiger partial charge in [0, 0.05) is 19.3 Å². The van der Waals surface area contributed by atoms with E-state index in [4.69, 9.17) is 14.2 Å². The third-order valence-electron chi connectivity index (χ3n) is 15.7. The number of hydrogen-bond acceptors (Lipinski definition) is 6. The molecule has 0 N–H and O–H groups in total. The fourth-order valence-corrected chi connectivity index (χ4v) is 10.3. The van der Waals surface area contributed by atoms with Crippen molar-refractivity contribution in [2.75, 3.05) is 13.2 Å². The summed E-state index contributed by atoms with van der Waals surface area (Å²) in [6, 6.07) is 0. The van der Waals surface area contributed by atoms with E-state index in [1.807, 2.05) is 0 Å². The molecule has 0 saturated heterocycles. The van der Waals surface area contributed by atoms with Gasteiger partial charge in [0.2, 0.25) is 0 Å². The van der Waals surface area contributed by atoms with E-state index in [9.17, 15) is 14.4 Å². The maximum atomic E-state index is 13.0. The standard InChI is InChI=1S/C75H134O6/c1-4-7-10-13-16-19-22-25-28-31-33-35-37-39-41-44-47-50-53-56-59-62-65-68-74(77)80-71-72(70-79-73(76)67-64-61-58-55-52-49-46-43-30-27-24-21-18-15-12-9-6-3)81-75(78)69-66-63-60-57-54-51-48-45-42-40-38-36-34-32-29-26-23-20-17-14-11-8-5-2/h18,21-23,25-27,30-34,72H,4-17,19-20,24,28-29,35-71H2,1-3H3/b21-18-,25-22-,26-23-,30-27-,33-31-,34-32-. The Kier molecular flexibility index (Phi) is 66.6. The molecule has 0 aliphatic rings. The van der Waals surface area contributed by atoms with Crippen LogP contribution in [0.5, 0.6) is 0 Å². The molecule has 0 aliphatic heterocycles. The molecule has 0 heterocycles. The molecule has 1 unspecified atom stereocenters. The summed E-state index contributed by atoms with van der Waals surface area (Å²) in [4.78, 5) is 38.5. The van der Waals surface area contributed by atoms with E-state index in [1.54, 1.807) is 0 Å². The molecule has 0 bridgehead atoms. The lowest BCUT2D eigenvalue weighted by Gasteiger charge is -2.18. The van der Waals surface area contributed by atoms with Crippen molar-refractivity contribution in [3.05, 3.63) is 72.9 Å². The van der Waals surface area contributed by atoms with Crippen molar-refractivity contribution in [3.8, 4) is 0 Å². The first-order valence-electron chi connectivity index (χ1n) is 35.4. The first-order valence-corrected chi connectivity index (χ1v) is 35.4. The van der Waals surface area contributed by atoms with Crippen LogP contribution >= 0.6 is 0 Å². The van der Waals surface area contributed by atoms with Crippen LogP contribution in [0.3, 0.4) is 0 Å². The number of allylic oxidation sites excluding steroid dienone is 12. The van der Waals surface area contributed by atoms with Crippen molar-refractivity contribution in [1.29, 1.82) is 0 Å². The molecule has 0 fully saturated rings. The molecule has 6 heteroatoms. The third-order valence-corrected chi connectivity index (χ3v) is 15.7. The van der Waals surface area contributed by atoms with Crippen molar-refractivity contribution in [3.63, 3.8) is 0 Å². The van der Waals surface area contributed by atoms with Gasteiger partial charge in [0.15, 0.2) is 6.10 Å². The van der Waals surface area contributed by atoms with Gasteiger partial charge < -0.3 is 14.2 Å². The van der Waals surface area contributed by atoms with Gasteiger partial charge in [-0.3, -0.25) is 14.4 Å². The molecular formula is C75H134O6. The molecule has 0 aliphatic carbocycles. The molecule has 0 spiro atoms. The molecule has 0 radical (unpaired) electrons. The number of esters is 3. The molecule has 0 rings (SSSR count). The van der Waals surface area contributed by atoms with E-state index in [-0.39, 0.29) is 31.1 Å². The predicted molar refractivity (Wildman–Crippen MR) is 353 cm³/mol. The largest absolute Gasteiger partial charge is 0.462 e. The molecule has 81 heavy (non-hydrogen) atoms. The summed E-state index contributed by atoms with van der Waals surface area (Å²) in [6.45, 7) is 6.64. The SMILES string of the molecule is CCCCC/C=C\C/C=C\CCCCCCCCCC(=O)OCC(COC(=O)CCCCCCCCCCCCC/C=C\C/C=C\CCCCCCC)OC(=O)CCCCCCCCCCCCC/C=C\C/C=C\CCCCCCC. The second-order valence-electron chi connectivity index (χ2n) is 23.8. The summed E-state index contributed by atoms with van der Waals surface area (Å²) in [7, 11) is 0. The van der Waals surface area contributed by atoms with Gasteiger partial charge in [0.25, 0.3) is 0 Å². The quantitative estimate of drug-likeness (QED) is 0.0261. The zero-order chi connectivity index (χ0) is 58.5. The van der Waals surface area contributed by atoms with Crippen molar-refractivity contribution >= 4 is 17.9 Å². The summed E-state index contributed by atoms with van der Waals surface area (Å²) >= 11 is 0. The summed E-state index contributed by atoms with van der Waals surface area (Å²) in [5, 5.41) is 0. The van der Waals surface area contributed by atoms with Crippen LogP contribution in [0.2, 0.25) is 0 Å². The zero-order valence-corrected chi connectivity index (χ0v) is 54.1. The number of ether oxygens (including phenoxy) is 3. The van der Waals surface area contributed by atoms with E-state index < -0.39 is 6.10 Å². The van der Waals surface area contributed by atoms with Crippen LogP contribution < -0.4 is 0 Å². The van der Waals surface area contributed by atoms with Gasteiger partial charge in [-0.25, -0.2) is 0 Å². The van der Waals surface area contributed by atoms with E-state index in [2.05, 4.69) is 93.7 Å². The summed E-state index contributed by atoms with van der Waals surface area (Å²) < 4.78 is 17.0. The average Bonchev–Trinajstić information content (AvgIpc) is 3.47. The lowest BCUT2D eigenvalue weighted by molar-refractivity contribution is -0.167. The van der Waals surface area contributed by atoms with Gasteiger partial charge in [-0.1, -0.05) is 306 Å². The fraction of sp³-hybridized carbons (Fsp3) is 0.800. The van der Waals surface area contributed by atoms with Crippen LogP contribution in [-0.2, 0) is 28.6 Å². The smallest absolute Gasteiger partial charge is 0.306 e. The molecule has 0 aromatic heterocycles. The molecule has 1 atom stereocenters. The molecular weight excluding hydrogens is 997 g/mol. The molecule has 0 aromatic carbocycles. The number of rotatable bonds is 65. The van der Waals surface area contributed by atoms with Crippen molar-refractivity contribution < 1.29 is 28.6 Å². The maximum Gasteiger partial charge on any atom is 0.306 e. The van der Waals surface area contributed by atoms with Crippen LogP contribution in [0.25, 0.3) is 0 Å². The van der Waals surface area contributed by atoms with E-state index in [0.717, 1.165) is 83.5 Å². The summed E-state index contributed by atoms with van der Waals surface area (Å²) in [5.74, 6) is -0.869. The first kappa shape index (κ1) is 77.9. The molecule has 6 nitrogen and oxygen atoms in total. The highest BCUT2D eigenvalue weighted by molar-refractivity contribution is 5.71. The molecule has 0 saturated carbocycles. The Morgan fingerprint density at radius 2 is 0.444 bits per heavy atom. The minimum atomic E-state index is -0.783. The van der Waals surface area contributed by atoms with Crippen LogP contribution in [-0.4, -0.2) is 37.2 Å². The Bertz CT molecular complexity index is 1490. The van der Waals surface area contributed by atoms with Crippen molar-refractivity contribution in [2.24, 2.45) is 0 Å². The van der Waals surface area contributed by atoms with Crippen molar-refractivity contribution in [1.82, 2.24) is 0 Å². The van der Waals surface area contributed by atoms with E-state index in [0.29, 0.717) is 19.3 Å².